The van der Waals surface area contributed by atoms with Gasteiger partial charge in [-0.1, -0.05) is 13.8 Å². The quantitative estimate of drug-likeness (QED) is 0.363. The minimum atomic E-state index is -1.40. The Balaban J connectivity index is 1.96. The second-order valence-corrected chi connectivity index (χ2v) is 14.6. The number of nitrogens with zero attached hydrogens (tertiary/aromatic N) is 3. The molecule has 0 bridgehead atoms. The van der Waals surface area contributed by atoms with Crippen molar-refractivity contribution in [2.45, 2.75) is 117 Å². The molecule has 3 heterocycles. The predicted molar refractivity (Wildman–Crippen MR) is 162 cm³/mol. The molecule has 10 heteroatoms. The van der Waals surface area contributed by atoms with Crippen molar-refractivity contribution in [3.63, 3.8) is 0 Å². The lowest BCUT2D eigenvalue weighted by atomic mass is 9.74. The minimum Gasteiger partial charge on any atom is -0.463 e. The van der Waals surface area contributed by atoms with E-state index < -0.39 is 41.4 Å². The average molecular weight is 598 g/mol. The van der Waals surface area contributed by atoms with Gasteiger partial charge in [-0.25, -0.2) is 0 Å². The molecule has 0 radical (unpaired) electrons. The standard InChI is InChI=1S/C32H59N3O7/c1-19(2)35-16-23(17-35)25-18-40-30(38)31(6,7)27(37)22(5)28(32(8,39-12)14-20(3)15-34(25)11)42-29-26(36)24(33(9)10)13-21(4)41-29/h19-26,28-29,36H,13-18H2,1-12H3/t20-,21-,22+,24+,25-,26-,28-,29+,32-/m1/s1. The van der Waals surface area contributed by atoms with Crippen molar-refractivity contribution in [1.82, 2.24) is 14.7 Å². The van der Waals surface area contributed by atoms with Gasteiger partial charge in [-0.3, -0.25) is 14.5 Å². The zero-order valence-electron chi connectivity index (χ0n) is 28.3. The van der Waals surface area contributed by atoms with Crippen molar-refractivity contribution in [3.8, 4) is 0 Å². The molecule has 9 atom stereocenters. The summed E-state index contributed by atoms with van der Waals surface area (Å²) in [6.07, 6.45) is -1.53. The Bertz CT molecular complexity index is 924. The van der Waals surface area contributed by atoms with E-state index in [1.807, 2.05) is 32.8 Å². The van der Waals surface area contributed by atoms with Crippen molar-refractivity contribution in [3.05, 3.63) is 0 Å². The molecule has 0 spiro atoms. The highest BCUT2D eigenvalue weighted by Gasteiger charge is 2.52. The maximum Gasteiger partial charge on any atom is 0.319 e. The number of cyclic esters (lactones) is 1. The molecule has 1 N–H and O–H groups in total. The van der Waals surface area contributed by atoms with Gasteiger partial charge in [-0.2, -0.15) is 0 Å². The molecule has 0 aromatic heterocycles. The summed E-state index contributed by atoms with van der Waals surface area (Å²) >= 11 is 0. The van der Waals surface area contributed by atoms with Crippen LogP contribution in [0.1, 0.15) is 68.2 Å². The lowest BCUT2D eigenvalue weighted by molar-refractivity contribution is -0.295. The molecule has 3 rings (SSSR count). The lowest BCUT2D eigenvalue weighted by Gasteiger charge is -2.48. The SMILES string of the molecule is CO[C@]1(C)C[C@@H](C)CN(C)[C@@H](C2CN(C(C)C)C2)COC(=O)C(C)(C)C(=O)[C@H](C)[C@H]1O[C@@H]1O[C@H](C)C[C@H](N(C)C)[C@H]1O. The van der Waals surface area contributed by atoms with Crippen LogP contribution in [0.5, 0.6) is 0 Å². The van der Waals surface area contributed by atoms with E-state index in [1.165, 1.54) is 0 Å². The highest BCUT2D eigenvalue weighted by molar-refractivity contribution is 6.04. The van der Waals surface area contributed by atoms with E-state index in [0.717, 1.165) is 19.6 Å². The van der Waals surface area contributed by atoms with E-state index in [4.69, 9.17) is 18.9 Å². The minimum absolute atomic E-state index is 0.0477. The number of rotatable bonds is 6. The van der Waals surface area contributed by atoms with E-state index in [0.29, 0.717) is 24.8 Å². The van der Waals surface area contributed by atoms with E-state index in [-0.39, 0.29) is 36.5 Å². The maximum absolute atomic E-state index is 14.1. The van der Waals surface area contributed by atoms with E-state index in [1.54, 1.807) is 27.9 Å². The van der Waals surface area contributed by atoms with Gasteiger partial charge in [0.25, 0.3) is 0 Å². The zero-order valence-corrected chi connectivity index (χ0v) is 28.3. The molecule has 0 aromatic rings. The Kier molecular flexibility index (Phi) is 11.7. The number of likely N-dealkylation sites (N-methyl/N-ethyl adjacent to an activating group) is 2. The van der Waals surface area contributed by atoms with Crippen LogP contribution in [0.4, 0.5) is 0 Å². The maximum atomic E-state index is 14.1. The van der Waals surface area contributed by atoms with Gasteiger partial charge >= 0.3 is 5.97 Å². The first-order chi connectivity index (χ1) is 19.4. The summed E-state index contributed by atoms with van der Waals surface area (Å²) in [6.45, 7) is 18.5. The van der Waals surface area contributed by atoms with Crippen molar-refractivity contribution < 1.29 is 33.6 Å². The molecule has 3 fully saturated rings. The predicted octanol–water partition coefficient (Wildman–Crippen LogP) is 2.66. The number of ether oxygens (including phenoxy) is 4. The van der Waals surface area contributed by atoms with Gasteiger partial charge in [0.05, 0.1) is 17.8 Å². The van der Waals surface area contributed by atoms with E-state index in [9.17, 15) is 14.7 Å². The van der Waals surface area contributed by atoms with Crippen molar-refractivity contribution in [1.29, 1.82) is 0 Å². The summed E-state index contributed by atoms with van der Waals surface area (Å²) in [6, 6.07) is 0.358. The van der Waals surface area contributed by atoms with Crippen LogP contribution >= 0.6 is 0 Å². The van der Waals surface area contributed by atoms with Gasteiger partial charge in [-0.15, -0.1) is 0 Å². The van der Waals surface area contributed by atoms with E-state index in [2.05, 4.69) is 37.6 Å². The molecular weight excluding hydrogens is 538 g/mol. The van der Waals surface area contributed by atoms with Crippen LogP contribution in [0.15, 0.2) is 0 Å². The lowest BCUT2D eigenvalue weighted by Crippen LogP contribution is -2.60. The first kappa shape index (κ1) is 35.3. The summed E-state index contributed by atoms with van der Waals surface area (Å²) in [5.74, 6) is -1.00. The molecule has 10 nitrogen and oxygen atoms in total. The number of hydrogen-bond acceptors (Lipinski definition) is 10. The fourth-order valence-electron chi connectivity index (χ4n) is 7.27. The second kappa shape index (κ2) is 13.9. The van der Waals surface area contributed by atoms with Gasteiger partial charge < -0.3 is 33.9 Å². The number of esters is 1. The smallest absolute Gasteiger partial charge is 0.319 e. The number of carbonyl (C=O) groups is 2. The topological polar surface area (TPSA) is 101 Å². The number of aliphatic hydroxyl groups is 1. The van der Waals surface area contributed by atoms with Crippen LogP contribution < -0.4 is 0 Å². The van der Waals surface area contributed by atoms with Crippen molar-refractivity contribution in [2.75, 3.05) is 54.5 Å². The third-order valence-corrected chi connectivity index (χ3v) is 10.1. The molecule has 42 heavy (non-hydrogen) atoms. The third kappa shape index (κ3) is 7.56. The molecule has 0 saturated carbocycles. The normalized spacial score (nSPS) is 40.3. The van der Waals surface area contributed by atoms with Gasteiger partial charge in [0, 0.05) is 56.7 Å². The van der Waals surface area contributed by atoms with Gasteiger partial charge in [0.15, 0.2) is 12.1 Å². The molecule has 244 valence electrons. The highest BCUT2D eigenvalue weighted by Crippen LogP contribution is 2.38. The summed E-state index contributed by atoms with van der Waals surface area (Å²) < 4.78 is 24.9. The van der Waals surface area contributed by atoms with E-state index >= 15 is 0 Å². The number of hydrogen-bond donors (Lipinski definition) is 1. The molecule has 0 amide bonds. The summed E-state index contributed by atoms with van der Waals surface area (Å²) in [5.41, 5.74) is -2.30. The molecule has 3 aliphatic heterocycles. The monoisotopic (exact) mass is 597 g/mol. The van der Waals surface area contributed by atoms with Gasteiger partial charge in [-0.05, 0) is 81.4 Å². The van der Waals surface area contributed by atoms with Crippen LogP contribution in [-0.4, -0.2) is 134 Å². The molecule has 0 aliphatic carbocycles. The fourth-order valence-corrected chi connectivity index (χ4v) is 7.27. The van der Waals surface area contributed by atoms with Crippen molar-refractivity contribution >= 4 is 11.8 Å². The van der Waals surface area contributed by atoms with Crippen LogP contribution in [-0.2, 0) is 28.5 Å². The number of ketones is 1. The van der Waals surface area contributed by atoms with Crippen LogP contribution in [0.3, 0.4) is 0 Å². The summed E-state index contributed by atoms with van der Waals surface area (Å²) in [5, 5.41) is 11.3. The molecule has 3 saturated heterocycles. The second-order valence-electron chi connectivity index (χ2n) is 14.6. The Hall–Kier alpha value is -1.14. The Morgan fingerprint density at radius 3 is 2.24 bits per heavy atom. The fraction of sp³-hybridized carbons (Fsp3) is 0.938. The highest BCUT2D eigenvalue weighted by atomic mass is 16.7. The van der Waals surface area contributed by atoms with Gasteiger partial charge in [0.1, 0.15) is 18.1 Å². The van der Waals surface area contributed by atoms with Crippen LogP contribution in [0, 0.1) is 23.2 Å². The Labute approximate surface area is 254 Å². The first-order valence-corrected chi connectivity index (χ1v) is 15.8. The average Bonchev–Trinajstić information content (AvgIpc) is 2.87. The van der Waals surface area contributed by atoms with Crippen LogP contribution in [0.25, 0.3) is 0 Å². The molecule has 3 aliphatic rings. The largest absolute Gasteiger partial charge is 0.463 e. The molecule has 0 unspecified atom stereocenters. The zero-order chi connectivity index (χ0) is 31.7. The third-order valence-electron chi connectivity index (χ3n) is 10.1. The van der Waals surface area contributed by atoms with Crippen molar-refractivity contribution in [2.24, 2.45) is 23.2 Å². The number of Topliss-reactive ketones (excluding diaryl/α,β-unsaturated/α-hetero) is 1. The first-order valence-electron chi connectivity index (χ1n) is 15.8. The van der Waals surface area contributed by atoms with Gasteiger partial charge in [0.2, 0.25) is 0 Å². The number of likely N-dealkylation sites (tertiary alicyclic amines) is 1. The number of carbonyl (C=O) groups excluding carboxylic acids is 2. The Morgan fingerprint density at radius 1 is 1.07 bits per heavy atom. The summed E-state index contributed by atoms with van der Waals surface area (Å²) in [7, 11) is 7.59. The number of methoxy groups -OCH3 is 1. The molecular formula is C32H59N3O7. The number of aliphatic hydroxyl groups excluding tert-OH is 1. The van der Waals surface area contributed by atoms with Crippen LogP contribution in [0.2, 0.25) is 0 Å². The Morgan fingerprint density at radius 2 is 1.69 bits per heavy atom. The summed E-state index contributed by atoms with van der Waals surface area (Å²) in [4.78, 5) is 34.4. The molecule has 0 aromatic carbocycles.